The number of halogens is 2. The van der Waals surface area contributed by atoms with Crippen molar-refractivity contribution in [3.05, 3.63) is 35.4 Å². The van der Waals surface area contributed by atoms with Crippen molar-refractivity contribution in [2.24, 2.45) is 11.3 Å². The van der Waals surface area contributed by atoms with Crippen LogP contribution >= 0.6 is 0 Å². The Kier molecular flexibility index (Phi) is 6.28. The highest BCUT2D eigenvalue weighted by atomic mass is 19.1. The average molecular weight is 365 g/mol. The van der Waals surface area contributed by atoms with E-state index in [0.29, 0.717) is 25.1 Å². The van der Waals surface area contributed by atoms with Gasteiger partial charge >= 0.3 is 0 Å². The first-order chi connectivity index (χ1) is 12.5. The van der Waals surface area contributed by atoms with Crippen LogP contribution in [0.4, 0.5) is 8.78 Å². The Morgan fingerprint density at radius 2 is 1.88 bits per heavy atom. The number of rotatable bonds is 4. The summed E-state index contributed by atoms with van der Waals surface area (Å²) in [4.78, 5) is 14.9. The van der Waals surface area contributed by atoms with Gasteiger partial charge in [0.2, 0.25) is 5.91 Å². The molecule has 3 nitrogen and oxygen atoms in total. The van der Waals surface area contributed by atoms with Crippen LogP contribution in [0.25, 0.3) is 0 Å². The summed E-state index contributed by atoms with van der Waals surface area (Å²) >= 11 is 0. The summed E-state index contributed by atoms with van der Waals surface area (Å²) in [5, 5.41) is 10.1. The second-order valence-corrected chi connectivity index (χ2v) is 8.12. The predicted octanol–water partition coefficient (Wildman–Crippen LogP) is 4.08. The third-order valence-corrected chi connectivity index (χ3v) is 6.09. The van der Waals surface area contributed by atoms with Gasteiger partial charge in [0.1, 0.15) is 11.6 Å². The summed E-state index contributed by atoms with van der Waals surface area (Å²) in [7, 11) is 0. The molecule has 2 aliphatic rings. The molecule has 1 aliphatic carbocycles. The van der Waals surface area contributed by atoms with Crippen LogP contribution in [0, 0.1) is 23.0 Å². The zero-order chi connectivity index (χ0) is 18.6. The van der Waals surface area contributed by atoms with E-state index in [1.807, 2.05) is 4.90 Å². The number of piperidine rings is 1. The highest BCUT2D eigenvalue weighted by Gasteiger charge is 2.39. The Bertz CT molecular complexity index is 628. The first-order valence-electron chi connectivity index (χ1n) is 9.87. The van der Waals surface area contributed by atoms with Crippen molar-refractivity contribution in [3.8, 4) is 0 Å². The van der Waals surface area contributed by atoms with E-state index in [4.69, 9.17) is 0 Å². The Balaban J connectivity index is 1.72. The van der Waals surface area contributed by atoms with Gasteiger partial charge in [-0.2, -0.15) is 0 Å². The number of aliphatic hydroxyl groups is 1. The lowest BCUT2D eigenvalue weighted by molar-refractivity contribution is -0.140. The number of carbonyl (C=O) groups is 1. The lowest BCUT2D eigenvalue weighted by Gasteiger charge is -2.43. The van der Waals surface area contributed by atoms with E-state index in [2.05, 4.69) is 0 Å². The quantitative estimate of drug-likeness (QED) is 0.817. The summed E-state index contributed by atoms with van der Waals surface area (Å²) in [6.07, 6.45) is 8.40. The first kappa shape index (κ1) is 19.3. The monoisotopic (exact) mass is 365 g/mol. The molecule has 1 saturated carbocycles. The van der Waals surface area contributed by atoms with Gasteiger partial charge in [0.25, 0.3) is 0 Å². The minimum absolute atomic E-state index is 0.0922. The predicted molar refractivity (Wildman–Crippen MR) is 96.6 cm³/mol. The molecular formula is C21H29F2NO2. The maximum atomic E-state index is 14.1. The van der Waals surface area contributed by atoms with Crippen LogP contribution in [0.2, 0.25) is 0 Å². The molecule has 2 fully saturated rings. The lowest BCUT2D eigenvalue weighted by Crippen LogP contribution is -2.50. The van der Waals surface area contributed by atoms with Gasteiger partial charge in [0.15, 0.2) is 0 Å². The maximum Gasteiger partial charge on any atom is 0.225 e. The molecule has 0 aromatic heterocycles. The van der Waals surface area contributed by atoms with E-state index >= 15 is 0 Å². The molecule has 1 aromatic rings. The van der Waals surface area contributed by atoms with Crippen molar-refractivity contribution in [3.63, 3.8) is 0 Å². The number of aliphatic hydroxyl groups excluding tert-OH is 1. The highest BCUT2D eigenvalue weighted by Crippen LogP contribution is 2.36. The zero-order valence-corrected chi connectivity index (χ0v) is 15.4. The third-order valence-electron chi connectivity index (χ3n) is 6.09. The van der Waals surface area contributed by atoms with Crippen molar-refractivity contribution in [2.75, 3.05) is 19.7 Å². The molecule has 1 heterocycles. The summed E-state index contributed by atoms with van der Waals surface area (Å²) in [5.74, 6) is -0.887. The Morgan fingerprint density at radius 1 is 1.15 bits per heavy atom. The van der Waals surface area contributed by atoms with E-state index in [0.717, 1.165) is 44.6 Å². The lowest BCUT2D eigenvalue weighted by atomic mass is 9.75. The molecule has 1 amide bonds. The van der Waals surface area contributed by atoms with Crippen molar-refractivity contribution in [1.82, 2.24) is 4.90 Å². The smallest absolute Gasteiger partial charge is 0.225 e. The summed E-state index contributed by atoms with van der Waals surface area (Å²) in [6, 6.07) is 3.59. The van der Waals surface area contributed by atoms with Gasteiger partial charge in [0, 0.05) is 30.5 Å². The zero-order valence-electron chi connectivity index (χ0n) is 15.4. The molecule has 1 aliphatic heterocycles. The van der Waals surface area contributed by atoms with Gasteiger partial charge in [-0.3, -0.25) is 4.79 Å². The standard InChI is InChI=1S/C21H29F2NO2/c22-18-9-8-17(19(23)12-18)13-21(15-25)10-5-11-24(14-21)20(26)16-6-3-1-2-4-7-16/h8-9,12,16,25H,1-7,10-11,13-15H2/t21-/m1/s1. The third kappa shape index (κ3) is 4.43. The molecule has 26 heavy (non-hydrogen) atoms. The average Bonchev–Trinajstić information content (AvgIpc) is 2.93. The van der Waals surface area contributed by atoms with Crippen molar-refractivity contribution in [1.29, 1.82) is 0 Å². The molecular weight excluding hydrogens is 336 g/mol. The van der Waals surface area contributed by atoms with Gasteiger partial charge in [-0.1, -0.05) is 31.7 Å². The van der Waals surface area contributed by atoms with Gasteiger partial charge in [-0.25, -0.2) is 8.78 Å². The fourth-order valence-corrected chi connectivity index (χ4v) is 4.58. The second-order valence-electron chi connectivity index (χ2n) is 8.12. The summed E-state index contributed by atoms with van der Waals surface area (Å²) in [6.45, 7) is 1.07. The Morgan fingerprint density at radius 3 is 2.54 bits per heavy atom. The SMILES string of the molecule is O=C(C1CCCCCC1)N1CCC[C@@](CO)(Cc2ccc(F)cc2F)C1. The normalized spacial score (nSPS) is 25.1. The topological polar surface area (TPSA) is 40.5 Å². The van der Waals surface area contributed by atoms with Gasteiger partial charge in [-0.05, 0) is 43.7 Å². The van der Waals surface area contributed by atoms with Crippen molar-refractivity contribution < 1.29 is 18.7 Å². The molecule has 1 saturated heterocycles. The minimum Gasteiger partial charge on any atom is -0.396 e. The molecule has 0 unspecified atom stereocenters. The van der Waals surface area contributed by atoms with Crippen molar-refractivity contribution >= 4 is 5.91 Å². The van der Waals surface area contributed by atoms with Crippen molar-refractivity contribution in [2.45, 2.75) is 57.8 Å². The first-order valence-corrected chi connectivity index (χ1v) is 9.87. The van der Waals surface area contributed by atoms with Crippen LogP contribution in [0.1, 0.15) is 56.9 Å². The van der Waals surface area contributed by atoms with Gasteiger partial charge < -0.3 is 10.0 Å². The fraction of sp³-hybridized carbons (Fsp3) is 0.667. The van der Waals surface area contributed by atoms with E-state index in [-0.39, 0.29) is 18.4 Å². The number of hydrogen-bond donors (Lipinski definition) is 1. The molecule has 5 heteroatoms. The largest absolute Gasteiger partial charge is 0.396 e. The van der Waals surface area contributed by atoms with E-state index in [1.54, 1.807) is 0 Å². The van der Waals surface area contributed by atoms with Crippen LogP contribution < -0.4 is 0 Å². The molecule has 1 N–H and O–H groups in total. The number of hydrogen-bond acceptors (Lipinski definition) is 2. The number of amides is 1. The van der Waals surface area contributed by atoms with Crippen LogP contribution in [-0.4, -0.2) is 35.6 Å². The van der Waals surface area contributed by atoms with Crippen LogP contribution in [-0.2, 0) is 11.2 Å². The molecule has 1 atom stereocenters. The van der Waals surface area contributed by atoms with Gasteiger partial charge in [0.05, 0.1) is 6.61 Å². The highest BCUT2D eigenvalue weighted by molar-refractivity contribution is 5.79. The summed E-state index contributed by atoms with van der Waals surface area (Å²) in [5.41, 5.74) is -0.138. The second kappa shape index (κ2) is 8.47. The Labute approximate surface area is 154 Å². The molecule has 1 aromatic carbocycles. The van der Waals surface area contributed by atoms with E-state index in [1.165, 1.54) is 25.0 Å². The van der Waals surface area contributed by atoms with Crippen LogP contribution in [0.3, 0.4) is 0 Å². The minimum atomic E-state index is -0.599. The van der Waals surface area contributed by atoms with Crippen LogP contribution in [0.5, 0.6) is 0 Å². The molecule has 0 bridgehead atoms. The molecule has 144 valence electrons. The van der Waals surface area contributed by atoms with Crippen LogP contribution in [0.15, 0.2) is 18.2 Å². The molecule has 0 spiro atoms. The number of benzene rings is 1. The molecule has 0 radical (unpaired) electrons. The number of likely N-dealkylation sites (tertiary alicyclic amines) is 1. The maximum absolute atomic E-state index is 14.1. The number of nitrogens with zero attached hydrogens (tertiary/aromatic N) is 1. The van der Waals surface area contributed by atoms with Gasteiger partial charge in [-0.15, -0.1) is 0 Å². The Hall–Kier alpha value is -1.49. The van der Waals surface area contributed by atoms with E-state index < -0.39 is 17.0 Å². The fourth-order valence-electron chi connectivity index (χ4n) is 4.58. The van der Waals surface area contributed by atoms with E-state index in [9.17, 15) is 18.7 Å². The number of carbonyl (C=O) groups excluding carboxylic acids is 1. The summed E-state index contributed by atoms with van der Waals surface area (Å²) < 4.78 is 27.3. The molecule has 3 rings (SSSR count).